The summed E-state index contributed by atoms with van der Waals surface area (Å²) >= 11 is 0. The summed E-state index contributed by atoms with van der Waals surface area (Å²) in [7, 11) is 0. The lowest BCUT2D eigenvalue weighted by Gasteiger charge is -2.18. The van der Waals surface area contributed by atoms with Gasteiger partial charge in [-0.1, -0.05) is 93.9 Å². The lowest BCUT2D eigenvalue weighted by atomic mass is 10.0. The maximum atomic E-state index is 12.4. The molecule has 0 aliphatic heterocycles. The maximum absolute atomic E-state index is 12.4. The molecule has 1 amide bonds. The number of esters is 1. The number of allylic oxidation sites excluding steroid dienone is 10. The van der Waals surface area contributed by atoms with Crippen LogP contribution in [0.1, 0.15) is 129 Å². The van der Waals surface area contributed by atoms with E-state index in [1.807, 2.05) is 0 Å². The third-order valence-electron chi connectivity index (χ3n) is 6.85. The topological polar surface area (TPSA) is 119 Å². The molecule has 4 N–H and O–H groups in total. The molecule has 244 valence electrons. The number of ether oxygens (including phenoxy) is 1. The van der Waals surface area contributed by atoms with Crippen molar-refractivity contribution in [1.29, 1.82) is 0 Å². The Bertz CT molecular complexity index is 860. The summed E-state index contributed by atoms with van der Waals surface area (Å²) in [4.78, 5) is 35.8. The third kappa shape index (κ3) is 27.6. The molecule has 0 aliphatic rings. The van der Waals surface area contributed by atoms with Gasteiger partial charge in [-0.2, -0.15) is 0 Å². The van der Waals surface area contributed by atoms with E-state index in [9.17, 15) is 19.5 Å². The largest absolute Gasteiger partial charge is 0.480 e. The van der Waals surface area contributed by atoms with E-state index in [2.05, 4.69) is 79.9 Å². The van der Waals surface area contributed by atoms with E-state index in [1.54, 1.807) is 0 Å². The van der Waals surface area contributed by atoms with Crippen molar-refractivity contribution in [2.24, 2.45) is 5.73 Å². The molecule has 0 saturated carbocycles. The molecular weight excluding hydrogens is 540 g/mol. The van der Waals surface area contributed by atoms with Crippen molar-refractivity contribution in [1.82, 2.24) is 5.32 Å². The number of nitrogens with two attached hydrogens (primary N) is 1. The van der Waals surface area contributed by atoms with Crippen molar-refractivity contribution in [3.8, 4) is 0 Å². The molecule has 0 aliphatic carbocycles. The van der Waals surface area contributed by atoms with Crippen LogP contribution in [0, 0.1) is 0 Å². The van der Waals surface area contributed by atoms with Crippen LogP contribution < -0.4 is 11.1 Å². The van der Waals surface area contributed by atoms with Crippen LogP contribution in [0.4, 0.5) is 0 Å². The Kier molecular flexibility index (Phi) is 28.4. The summed E-state index contributed by atoms with van der Waals surface area (Å²) in [6, 6.07) is -0.880. The number of carbonyl (C=O) groups is 3. The minimum Gasteiger partial charge on any atom is -0.480 e. The van der Waals surface area contributed by atoms with Crippen molar-refractivity contribution in [3.05, 3.63) is 60.8 Å². The van der Waals surface area contributed by atoms with E-state index in [0.717, 1.165) is 83.5 Å². The molecule has 0 bridgehead atoms. The van der Waals surface area contributed by atoms with Crippen molar-refractivity contribution in [2.75, 3.05) is 6.54 Å². The fourth-order valence-corrected chi connectivity index (χ4v) is 4.35. The Hall–Kier alpha value is -2.93. The van der Waals surface area contributed by atoms with Gasteiger partial charge >= 0.3 is 11.9 Å². The average Bonchev–Trinajstić information content (AvgIpc) is 2.99. The monoisotopic (exact) mass is 600 g/mol. The van der Waals surface area contributed by atoms with E-state index in [4.69, 9.17) is 10.5 Å². The molecule has 0 radical (unpaired) electrons. The molecule has 0 saturated heterocycles. The number of nitrogens with one attached hydrogen (secondary N) is 1. The molecule has 7 nitrogen and oxygen atoms in total. The highest BCUT2D eigenvalue weighted by atomic mass is 16.5. The highest BCUT2D eigenvalue weighted by molar-refractivity contribution is 5.83. The fraction of sp³-hybridized carbons (Fsp3) is 0.639. The number of aliphatic carboxylic acids is 1. The second kappa shape index (κ2) is 30.5. The van der Waals surface area contributed by atoms with Crippen molar-refractivity contribution >= 4 is 17.8 Å². The first-order valence-electron chi connectivity index (χ1n) is 16.6. The van der Waals surface area contributed by atoms with Crippen molar-refractivity contribution in [3.63, 3.8) is 0 Å². The predicted molar refractivity (Wildman–Crippen MR) is 179 cm³/mol. The molecule has 2 atom stereocenters. The highest BCUT2D eigenvalue weighted by Gasteiger charge is 2.19. The summed E-state index contributed by atoms with van der Waals surface area (Å²) in [5.41, 5.74) is 5.44. The smallest absolute Gasteiger partial charge is 0.326 e. The van der Waals surface area contributed by atoms with E-state index >= 15 is 0 Å². The van der Waals surface area contributed by atoms with Gasteiger partial charge in [-0.25, -0.2) is 4.79 Å². The van der Waals surface area contributed by atoms with Gasteiger partial charge in [0.25, 0.3) is 0 Å². The first kappa shape index (κ1) is 40.1. The number of carboxylic acids is 1. The van der Waals surface area contributed by atoms with Gasteiger partial charge in [0.1, 0.15) is 12.1 Å². The van der Waals surface area contributed by atoms with Gasteiger partial charge in [0, 0.05) is 12.8 Å². The second-order valence-corrected chi connectivity index (χ2v) is 10.8. The molecule has 0 spiro atoms. The van der Waals surface area contributed by atoms with Crippen LogP contribution in [0.25, 0.3) is 0 Å². The highest BCUT2D eigenvalue weighted by Crippen LogP contribution is 2.16. The Labute approximate surface area is 261 Å². The Morgan fingerprint density at radius 2 is 1.28 bits per heavy atom. The average molecular weight is 601 g/mol. The quantitative estimate of drug-likeness (QED) is 0.0472. The number of hydrogen-bond donors (Lipinski definition) is 3. The summed E-state index contributed by atoms with van der Waals surface area (Å²) in [5, 5.41) is 11.8. The number of carbonyl (C=O) groups excluding carboxylic acids is 2. The molecule has 7 heteroatoms. The van der Waals surface area contributed by atoms with Crippen LogP contribution in [0.15, 0.2) is 60.8 Å². The summed E-state index contributed by atoms with van der Waals surface area (Å²) in [6.07, 6.45) is 36.0. The Morgan fingerprint density at radius 1 is 0.698 bits per heavy atom. The number of unbranched alkanes of at least 4 members (excludes halogenated alkanes) is 4. The molecular formula is C36H60N2O5. The van der Waals surface area contributed by atoms with Gasteiger partial charge in [-0.05, 0) is 90.0 Å². The standard InChI is InChI=1S/C36H60N2O5/c1-3-5-7-8-9-10-11-12-13-14-15-16-17-18-19-20-24-30-35(40)43-32(26-6-4-2)27-22-21-23-29-34(39)38-33(36(41)42)28-25-31-37/h5,7,9-10,12-13,15-16,18-19,32-33H,3-4,6,8,11,14,17,20-31,37H2,1-2H3,(H,38,39)(H,41,42)/b7-5-,10-9-,13-12-,16-15-,19-18-. The molecule has 2 unspecified atom stereocenters. The lowest BCUT2D eigenvalue weighted by molar-refractivity contribution is -0.150. The number of hydrogen-bond acceptors (Lipinski definition) is 5. The SMILES string of the molecule is CC/C=C\C/C=C\C/C=C\C/C=C\C/C=C\CCCC(=O)OC(CCCC)CCCCCC(=O)NC(CCCN)C(=O)O. The number of amides is 1. The zero-order valence-electron chi connectivity index (χ0n) is 27.0. The lowest BCUT2D eigenvalue weighted by Crippen LogP contribution is -2.40. The molecule has 0 aromatic heterocycles. The fourth-order valence-electron chi connectivity index (χ4n) is 4.35. The van der Waals surface area contributed by atoms with Gasteiger partial charge in [-0.15, -0.1) is 0 Å². The van der Waals surface area contributed by atoms with Crippen LogP contribution in [-0.4, -0.2) is 41.6 Å². The van der Waals surface area contributed by atoms with Crippen LogP contribution >= 0.6 is 0 Å². The van der Waals surface area contributed by atoms with Crippen LogP contribution in [0.2, 0.25) is 0 Å². The molecule has 0 aromatic carbocycles. The van der Waals surface area contributed by atoms with E-state index < -0.39 is 12.0 Å². The summed E-state index contributed by atoms with van der Waals surface area (Å²) < 4.78 is 5.78. The van der Waals surface area contributed by atoms with E-state index in [1.165, 1.54) is 0 Å². The normalized spacial score (nSPS) is 13.6. The van der Waals surface area contributed by atoms with Crippen molar-refractivity contribution in [2.45, 2.75) is 142 Å². The Balaban J connectivity index is 4.08. The number of rotatable bonds is 28. The van der Waals surface area contributed by atoms with Crippen LogP contribution in [-0.2, 0) is 19.1 Å². The minimum atomic E-state index is -1.03. The first-order valence-corrected chi connectivity index (χ1v) is 16.6. The third-order valence-corrected chi connectivity index (χ3v) is 6.85. The van der Waals surface area contributed by atoms with Crippen LogP contribution in [0.3, 0.4) is 0 Å². The minimum absolute atomic E-state index is 0.0809. The van der Waals surface area contributed by atoms with Gasteiger partial charge in [-0.3, -0.25) is 9.59 Å². The zero-order chi connectivity index (χ0) is 31.8. The maximum Gasteiger partial charge on any atom is 0.326 e. The summed E-state index contributed by atoms with van der Waals surface area (Å²) in [5.74, 6) is -1.41. The van der Waals surface area contributed by atoms with Gasteiger partial charge in [0.15, 0.2) is 0 Å². The second-order valence-electron chi connectivity index (χ2n) is 10.8. The molecule has 43 heavy (non-hydrogen) atoms. The first-order chi connectivity index (χ1) is 20.9. The molecule has 0 aromatic rings. The van der Waals surface area contributed by atoms with Crippen LogP contribution in [0.5, 0.6) is 0 Å². The van der Waals surface area contributed by atoms with Gasteiger partial charge < -0.3 is 20.9 Å². The molecule has 0 fully saturated rings. The van der Waals surface area contributed by atoms with E-state index in [-0.39, 0.29) is 18.0 Å². The van der Waals surface area contributed by atoms with Crippen molar-refractivity contribution < 1.29 is 24.2 Å². The van der Waals surface area contributed by atoms with E-state index in [0.29, 0.717) is 38.6 Å². The predicted octanol–water partition coefficient (Wildman–Crippen LogP) is 8.27. The van der Waals surface area contributed by atoms with Gasteiger partial charge in [0.2, 0.25) is 5.91 Å². The zero-order valence-corrected chi connectivity index (χ0v) is 27.0. The van der Waals surface area contributed by atoms with Gasteiger partial charge in [0.05, 0.1) is 0 Å². The Morgan fingerprint density at radius 3 is 1.84 bits per heavy atom. The molecule has 0 heterocycles. The number of carboxylic acid groups (broad SMARTS) is 1. The summed E-state index contributed by atoms with van der Waals surface area (Å²) in [6.45, 7) is 4.67. The molecule has 0 rings (SSSR count).